The quantitative estimate of drug-likeness (QED) is 0.490. The van der Waals surface area contributed by atoms with E-state index < -0.39 is 15.9 Å². The van der Waals surface area contributed by atoms with Gasteiger partial charge in [-0.2, -0.15) is 5.26 Å². The maximum atomic E-state index is 12.0. The lowest BCUT2D eigenvalue weighted by Crippen LogP contribution is -2.18. The van der Waals surface area contributed by atoms with E-state index in [-0.39, 0.29) is 12.4 Å². The van der Waals surface area contributed by atoms with Crippen LogP contribution in [0.1, 0.15) is 37.8 Å². The van der Waals surface area contributed by atoms with Crippen LogP contribution >= 0.6 is 0 Å². The molecule has 0 aliphatic heterocycles. The Morgan fingerprint density at radius 1 is 1.21 bits per heavy atom. The summed E-state index contributed by atoms with van der Waals surface area (Å²) in [4.78, 5) is 12.0. The van der Waals surface area contributed by atoms with Gasteiger partial charge in [0.2, 0.25) is 0 Å². The molecule has 9 heteroatoms. The molecular weight excluding hydrogens is 454 g/mol. The molecule has 0 bridgehead atoms. The van der Waals surface area contributed by atoms with Crippen LogP contribution in [0.4, 0.5) is 10.5 Å². The highest BCUT2D eigenvalue weighted by Crippen LogP contribution is 2.43. The first-order valence-electron chi connectivity index (χ1n) is 11.2. The van der Waals surface area contributed by atoms with Crippen molar-refractivity contribution >= 4 is 32.5 Å². The predicted octanol–water partition coefficient (Wildman–Crippen LogP) is 4.90. The van der Waals surface area contributed by atoms with Crippen LogP contribution in [0.3, 0.4) is 0 Å². The maximum Gasteiger partial charge on any atom is 0.411 e. The van der Waals surface area contributed by atoms with Crippen LogP contribution in [0.15, 0.2) is 42.5 Å². The summed E-state index contributed by atoms with van der Waals surface area (Å²) in [5, 5.41) is 13.5. The molecule has 3 aromatic rings. The number of nitriles is 1. The van der Waals surface area contributed by atoms with Gasteiger partial charge in [-0.1, -0.05) is 12.1 Å². The highest BCUT2D eigenvalue weighted by atomic mass is 32.2. The molecule has 0 spiro atoms. The molecule has 1 aromatic heterocycles. The van der Waals surface area contributed by atoms with Crippen LogP contribution < -0.4 is 10.1 Å². The van der Waals surface area contributed by atoms with Gasteiger partial charge in [0, 0.05) is 29.4 Å². The van der Waals surface area contributed by atoms with Crippen molar-refractivity contribution in [3.8, 4) is 23.1 Å². The molecule has 178 valence electrons. The lowest BCUT2D eigenvalue weighted by Gasteiger charge is -2.30. The number of carbonyl (C=O) groups excluding carboxylic acids is 1. The summed E-state index contributed by atoms with van der Waals surface area (Å²) in [6.07, 6.45) is 3.63. The zero-order chi connectivity index (χ0) is 24.3. The minimum Gasteiger partial charge on any atom is -0.494 e. The standard InChI is InChI=1S/C25H27N3O5S/c1-3-32-20-11-12-21-22(16-26)24(28(23(21)15-20)19-5-4-6-19)17-7-9-18(10-8-17)27-25(29)33-13-14-34(2,30)31/h7-12,15,19H,3-6,13-14H2,1-2H3,(H,27,29). The van der Waals surface area contributed by atoms with Crippen molar-refractivity contribution < 1.29 is 22.7 Å². The average molecular weight is 482 g/mol. The smallest absolute Gasteiger partial charge is 0.411 e. The third kappa shape index (κ3) is 5.02. The topological polar surface area (TPSA) is 110 Å². The number of aromatic nitrogens is 1. The lowest BCUT2D eigenvalue weighted by atomic mass is 9.92. The molecule has 4 rings (SSSR count). The van der Waals surface area contributed by atoms with Crippen molar-refractivity contribution in [3.63, 3.8) is 0 Å². The second kappa shape index (κ2) is 9.77. The maximum absolute atomic E-state index is 12.0. The number of fused-ring (bicyclic) bond motifs is 1. The molecule has 8 nitrogen and oxygen atoms in total. The van der Waals surface area contributed by atoms with Gasteiger partial charge in [-0.15, -0.1) is 0 Å². The number of carbonyl (C=O) groups is 1. The summed E-state index contributed by atoms with van der Waals surface area (Å²) >= 11 is 0. The van der Waals surface area contributed by atoms with Crippen molar-refractivity contribution in [3.05, 3.63) is 48.0 Å². The van der Waals surface area contributed by atoms with Crippen molar-refractivity contribution in [2.24, 2.45) is 0 Å². The van der Waals surface area contributed by atoms with Gasteiger partial charge in [0.05, 0.1) is 29.1 Å². The van der Waals surface area contributed by atoms with Crippen LogP contribution in [0, 0.1) is 11.3 Å². The Morgan fingerprint density at radius 2 is 1.94 bits per heavy atom. The average Bonchev–Trinajstić information content (AvgIpc) is 3.06. The number of sulfone groups is 1. The Morgan fingerprint density at radius 3 is 2.53 bits per heavy atom. The van der Waals surface area contributed by atoms with Gasteiger partial charge in [-0.05, 0) is 56.0 Å². The fourth-order valence-electron chi connectivity index (χ4n) is 4.12. The number of hydrogen-bond acceptors (Lipinski definition) is 6. The minimum atomic E-state index is -3.20. The van der Waals surface area contributed by atoms with Crippen LogP contribution in [-0.4, -0.2) is 44.3 Å². The minimum absolute atomic E-state index is 0.209. The van der Waals surface area contributed by atoms with E-state index in [4.69, 9.17) is 9.47 Å². The number of nitrogens with one attached hydrogen (secondary N) is 1. The largest absolute Gasteiger partial charge is 0.494 e. The first-order chi connectivity index (χ1) is 16.3. The Kier molecular flexibility index (Phi) is 6.80. The molecule has 2 aromatic carbocycles. The van der Waals surface area contributed by atoms with Crippen molar-refractivity contribution in [2.75, 3.05) is 30.5 Å². The fourth-order valence-corrected chi connectivity index (χ4v) is 4.51. The summed E-state index contributed by atoms with van der Waals surface area (Å²) in [6, 6.07) is 15.8. The monoisotopic (exact) mass is 481 g/mol. The van der Waals surface area contributed by atoms with Crippen LogP contribution in [-0.2, 0) is 14.6 Å². The SMILES string of the molecule is CCOc1ccc2c(C#N)c(-c3ccc(NC(=O)OCCS(C)(=O)=O)cc3)n(C3CCC3)c2c1. The summed E-state index contributed by atoms with van der Waals surface area (Å²) in [6.45, 7) is 2.30. The second-order valence-corrected chi connectivity index (χ2v) is 10.6. The van der Waals surface area contributed by atoms with Gasteiger partial charge < -0.3 is 14.0 Å². The summed E-state index contributed by atoms with van der Waals surface area (Å²) in [5.74, 6) is 0.547. The highest BCUT2D eigenvalue weighted by molar-refractivity contribution is 7.90. The van der Waals surface area contributed by atoms with E-state index in [9.17, 15) is 18.5 Å². The molecular formula is C25H27N3O5S. The Hall–Kier alpha value is -3.51. The molecule has 1 aliphatic carbocycles. The molecule has 34 heavy (non-hydrogen) atoms. The number of hydrogen-bond donors (Lipinski definition) is 1. The van der Waals surface area contributed by atoms with E-state index in [1.165, 1.54) is 0 Å². The molecule has 1 N–H and O–H groups in total. The summed E-state index contributed by atoms with van der Waals surface area (Å²) < 4.78 is 35.2. The third-order valence-electron chi connectivity index (χ3n) is 5.93. The first-order valence-corrected chi connectivity index (χ1v) is 13.3. The zero-order valence-corrected chi connectivity index (χ0v) is 20.0. The number of ether oxygens (including phenoxy) is 2. The predicted molar refractivity (Wildman–Crippen MR) is 131 cm³/mol. The van der Waals surface area contributed by atoms with Crippen molar-refractivity contribution in [2.45, 2.75) is 32.2 Å². The second-order valence-electron chi connectivity index (χ2n) is 8.37. The van der Waals surface area contributed by atoms with Crippen LogP contribution in [0.2, 0.25) is 0 Å². The molecule has 1 saturated carbocycles. The third-order valence-corrected chi connectivity index (χ3v) is 6.84. The van der Waals surface area contributed by atoms with E-state index in [0.29, 0.717) is 23.9 Å². The Balaban J connectivity index is 1.64. The number of rotatable bonds is 8. The summed E-state index contributed by atoms with van der Waals surface area (Å²) in [7, 11) is -3.20. The molecule has 0 atom stereocenters. The van der Waals surface area contributed by atoms with Gasteiger partial charge in [0.15, 0.2) is 9.84 Å². The molecule has 0 unspecified atom stereocenters. The Bertz CT molecular complexity index is 1350. The van der Waals surface area contributed by atoms with E-state index in [1.54, 1.807) is 12.1 Å². The van der Waals surface area contributed by atoms with E-state index >= 15 is 0 Å². The van der Waals surface area contributed by atoms with E-state index in [2.05, 4.69) is 16.0 Å². The number of anilines is 1. The molecule has 0 saturated heterocycles. The molecule has 1 heterocycles. The van der Waals surface area contributed by atoms with Gasteiger partial charge in [-0.3, -0.25) is 5.32 Å². The highest BCUT2D eigenvalue weighted by Gasteiger charge is 2.28. The first kappa shape index (κ1) is 23.6. The number of benzene rings is 2. The van der Waals surface area contributed by atoms with Crippen LogP contribution in [0.25, 0.3) is 22.2 Å². The fraction of sp³-hybridized carbons (Fsp3) is 0.360. The van der Waals surface area contributed by atoms with Gasteiger partial charge >= 0.3 is 6.09 Å². The van der Waals surface area contributed by atoms with Gasteiger partial charge in [0.1, 0.15) is 18.4 Å². The molecule has 1 fully saturated rings. The molecule has 0 radical (unpaired) electrons. The zero-order valence-electron chi connectivity index (χ0n) is 19.2. The van der Waals surface area contributed by atoms with Gasteiger partial charge in [-0.25, -0.2) is 13.2 Å². The van der Waals surface area contributed by atoms with Crippen molar-refractivity contribution in [1.82, 2.24) is 4.57 Å². The Labute approximate surface area is 199 Å². The normalized spacial score (nSPS) is 13.8. The molecule has 1 amide bonds. The number of amides is 1. The van der Waals surface area contributed by atoms with E-state index in [1.807, 2.05) is 37.3 Å². The van der Waals surface area contributed by atoms with Crippen molar-refractivity contribution in [1.29, 1.82) is 5.26 Å². The summed E-state index contributed by atoms with van der Waals surface area (Å²) in [5.41, 5.74) is 3.84. The van der Waals surface area contributed by atoms with E-state index in [0.717, 1.165) is 53.4 Å². The molecule has 1 aliphatic rings. The lowest BCUT2D eigenvalue weighted by molar-refractivity contribution is 0.168. The van der Waals surface area contributed by atoms with Crippen LogP contribution in [0.5, 0.6) is 5.75 Å². The van der Waals surface area contributed by atoms with Gasteiger partial charge in [0.25, 0.3) is 0 Å². The number of nitrogens with zero attached hydrogens (tertiary/aromatic N) is 2.